The molecule has 18 heavy (non-hydrogen) atoms. The van der Waals surface area contributed by atoms with E-state index in [1.807, 2.05) is 24.3 Å². The van der Waals surface area contributed by atoms with Gasteiger partial charge in [-0.3, -0.25) is 0 Å². The van der Waals surface area contributed by atoms with Crippen molar-refractivity contribution in [3.05, 3.63) is 30.3 Å². The molecule has 0 aliphatic carbocycles. The van der Waals surface area contributed by atoms with Crippen LogP contribution in [0.2, 0.25) is 0 Å². The zero-order chi connectivity index (χ0) is 13.2. The molecule has 1 aromatic rings. The smallest absolute Gasteiger partial charge is 0.216 e. The Labute approximate surface area is 109 Å². The first-order chi connectivity index (χ1) is 8.51. The van der Waals surface area contributed by atoms with Crippen molar-refractivity contribution in [1.82, 2.24) is 4.31 Å². The summed E-state index contributed by atoms with van der Waals surface area (Å²) in [4.78, 5) is 2.21. The molecule has 0 bridgehead atoms. The van der Waals surface area contributed by atoms with E-state index in [0.29, 0.717) is 13.1 Å². The molecular weight excluding hydrogens is 248 g/mol. The molecular formula is C13H19N2O2S. The molecule has 1 aliphatic rings. The van der Waals surface area contributed by atoms with Crippen molar-refractivity contribution in [2.45, 2.75) is 19.1 Å². The maximum absolute atomic E-state index is 12.0. The Morgan fingerprint density at radius 3 is 2.17 bits per heavy atom. The molecule has 1 saturated heterocycles. The quantitative estimate of drug-likeness (QED) is 0.830. The summed E-state index contributed by atoms with van der Waals surface area (Å²) in [5, 5.41) is -0.338. The number of piperazine rings is 1. The van der Waals surface area contributed by atoms with Gasteiger partial charge in [-0.05, 0) is 32.0 Å². The van der Waals surface area contributed by atoms with Gasteiger partial charge in [0.25, 0.3) is 0 Å². The lowest BCUT2D eigenvalue weighted by Crippen LogP contribution is -2.50. The van der Waals surface area contributed by atoms with Crippen LogP contribution in [0.4, 0.5) is 5.69 Å². The second-order valence-electron chi connectivity index (χ2n) is 4.74. The highest BCUT2D eigenvalue weighted by Crippen LogP contribution is 2.18. The van der Waals surface area contributed by atoms with Gasteiger partial charge in [0.1, 0.15) is 0 Å². The van der Waals surface area contributed by atoms with Gasteiger partial charge in [0.15, 0.2) is 0 Å². The van der Waals surface area contributed by atoms with Crippen molar-refractivity contribution in [1.29, 1.82) is 0 Å². The summed E-state index contributed by atoms with van der Waals surface area (Å²) in [7, 11) is -3.11. The van der Waals surface area contributed by atoms with Gasteiger partial charge in [-0.15, -0.1) is 0 Å². The van der Waals surface area contributed by atoms with Gasteiger partial charge < -0.3 is 4.90 Å². The molecule has 99 valence electrons. The van der Waals surface area contributed by atoms with Gasteiger partial charge in [0, 0.05) is 31.9 Å². The van der Waals surface area contributed by atoms with Gasteiger partial charge in [-0.1, -0.05) is 12.1 Å². The normalized spacial score (nSPS) is 18.3. The van der Waals surface area contributed by atoms with Crippen LogP contribution >= 0.6 is 0 Å². The number of benzene rings is 1. The fraction of sp³-hybridized carbons (Fsp3) is 0.538. The molecule has 0 aromatic heterocycles. The minimum Gasteiger partial charge on any atom is -0.369 e. The number of sulfonamides is 1. The molecule has 0 spiro atoms. The van der Waals surface area contributed by atoms with E-state index in [1.54, 1.807) is 18.2 Å². The van der Waals surface area contributed by atoms with E-state index >= 15 is 0 Å². The molecule has 1 radical (unpaired) electrons. The van der Waals surface area contributed by atoms with Gasteiger partial charge in [-0.2, -0.15) is 4.31 Å². The first-order valence-electron chi connectivity index (χ1n) is 6.22. The van der Waals surface area contributed by atoms with Crippen LogP contribution in [0.3, 0.4) is 0 Å². The third-order valence-electron chi connectivity index (χ3n) is 3.26. The Bertz CT molecular complexity index is 477. The molecule has 0 N–H and O–H groups in total. The van der Waals surface area contributed by atoms with E-state index in [2.05, 4.69) is 11.0 Å². The standard InChI is InChI=1S/C13H19N2O2S/c1-12(2)18(16,17)15-10-8-14(9-11-15)13-6-4-3-5-7-13/h4-7,12H,8-11H2,1-2H3. The second kappa shape index (κ2) is 5.28. The van der Waals surface area contributed by atoms with Crippen LogP contribution < -0.4 is 4.90 Å². The highest BCUT2D eigenvalue weighted by molar-refractivity contribution is 7.89. The summed E-state index contributed by atoms with van der Waals surface area (Å²) in [5.41, 5.74) is 1.13. The van der Waals surface area contributed by atoms with E-state index in [-0.39, 0.29) is 5.25 Å². The number of hydrogen-bond donors (Lipinski definition) is 0. The topological polar surface area (TPSA) is 40.6 Å². The summed E-state index contributed by atoms with van der Waals surface area (Å²) >= 11 is 0. The molecule has 5 heteroatoms. The zero-order valence-corrected chi connectivity index (χ0v) is 11.7. The molecule has 1 fully saturated rings. The lowest BCUT2D eigenvalue weighted by molar-refractivity contribution is 0.381. The third-order valence-corrected chi connectivity index (χ3v) is 5.54. The Morgan fingerprint density at radius 1 is 1.11 bits per heavy atom. The number of anilines is 1. The van der Waals surface area contributed by atoms with E-state index in [0.717, 1.165) is 18.8 Å². The summed E-state index contributed by atoms with van der Waals surface area (Å²) in [6.45, 7) is 6.09. The monoisotopic (exact) mass is 267 g/mol. The first-order valence-corrected chi connectivity index (χ1v) is 7.72. The molecule has 4 nitrogen and oxygen atoms in total. The van der Waals surface area contributed by atoms with Gasteiger partial charge in [0.2, 0.25) is 10.0 Å². The summed E-state index contributed by atoms with van der Waals surface area (Å²) in [6, 6.07) is 10.8. The van der Waals surface area contributed by atoms with E-state index < -0.39 is 10.0 Å². The van der Waals surface area contributed by atoms with Gasteiger partial charge in [-0.25, -0.2) is 8.42 Å². The lowest BCUT2D eigenvalue weighted by atomic mass is 10.2. The molecule has 1 aromatic carbocycles. The van der Waals surface area contributed by atoms with E-state index in [9.17, 15) is 8.42 Å². The number of hydrogen-bond acceptors (Lipinski definition) is 3. The van der Waals surface area contributed by atoms with Crippen LogP contribution in [0, 0.1) is 6.07 Å². The highest BCUT2D eigenvalue weighted by Gasteiger charge is 2.29. The van der Waals surface area contributed by atoms with Crippen LogP contribution in [-0.4, -0.2) is 44.2 Å². The van der Waals surface area contributed by atoms with Crippen molar-refractivity contribution < 1.29 is 8.42 Å². The molecule has 0 unspecified atom stereocenters. The molecule has 0 amide bonds. The third kappa shape index (κ3) is 2.67. The van der Waals surface area contributed by atoms with Crippen LogP contribution in [-0.2, 0) is 10.0 Å². The number of rotatable bonds is 3. The predicted octanol–water partition coefficient (Wildman–Crippen LogP) is 1.35. The van der Waals surface area contributed by atoms with Crippen molar-refractivity contribution in [3.8, 4) is 0 Å². The Balaban J connectivity index is 2.01. The minimum atomic E-state index is -3.11. The molecule has 1 heterocycles. The SMILES string of the molecule is CC(C)S(=O)(=O)N1CCN(c2cc[c]cc2)CC1. The molecule has 0 atom stereocenters. The summed E-state index contributed by atoms with van der Waals surface area (Å²) in [6.07, 6.45) is 0. The van der Waals surface area contributed by atoms with Crippen molar-refractivity contribution in [2.24, 2.45) is 0 Å². The lowest BCUT2D eigenvalue weighted by Gasteiger charge is -2.36. The zero-order valence-electron chi connectivity index (χ0n) is 10.8. The summed E-state index contributed by atoms with van der Waals surface area (Å²) < 4.78 is 25.7. The van der Waals surface area contributed by atoms with Crippen LogP contribution in [0.25, 0.3) is 0 Å². The van der Waals surface area contributed by atoms with E-state index in [4.69, 9.17) is 0 Å². The molecule has 1 aliphatic heterocycles. The van der Waals surface area contributed by atoms with Crippen molar-refractivity contribution in [3.63, 3.8) is 0 Å². The van der Waals surface area contributed by atoms with Crippen molar-refractivity contribution >= 4 is 15.7 Å². The fourth-order valence-corrected chi connectivity index (χ4v) is 3.36. The first kappa shape index (κ1) is 13.4. The van der Waals surface area contributed by atoms with Gasteiger partial charge >= 0.3 is 0 Å². The van der Waals surface area contributed by atoms with Crippen LogP contribution in [0.5, 0.6) is 0 Å². The van der Waals surface area contributed by atoms with Gasteiger partial charge in [0.05, 0.1) is 5.25 Å². The fourth-order valence-electron chi connectivity index (χ4n) is 2.09. The van der Waals surface area contributed by atoms with Crippen LogP contribution in [0.1, 0.15) is 13.8 Å². The Hall–Kier alpha value is -1.07. The average Bonchev–Trinajstić information content (AvgIpc) is 2.40. The minimum absolute atomic E-state index is 0.338. The predicted molar refractivity (Wildman–Crippen MR) is 73.1 cm³/mol. The summed E-state index contributed by atoms with van der Waals surface area (Å²) in [5.74, 6) is 0. The number of nitrogens with zero attached hydrogens (tertiary/aromatic N) is 2. The largest absolute Gasteiger partial charge is 0.369 e. The highest BCUT2D eigenvalue weighted by atomic mass is 32.2. The molecule has 0 saturated carbocycles. The van der Waals surface area contributed by atoms with Crippen molar-refractivity contribution in [2.75, 3.05) is 31.1 Å². The maximum Gasteiger partial charge on any atom is 0.216 e. The Kier molecular flexibility index (Phi) is 3.92. The maximum atomic E-state index is 12.0. The Morgan fingerprint density at radius 2 is 1.67 bits per heavy atom. The second-order valence-corrected chi connectivity index (χ2v) is 7.23. The average molecular weight is 267 g/mol. The van der Waals surface area contributed by atoms with Crippen LogP contribution in [0.15, 0.2) is 24.3 Å². The molecule has 2 rings (SSSR count). The van der Waals surface area contributed by atoms with E-state index in [1.165, 1.54) is 0 Å².